The van der Waals surface area contributed by atoms with E-state index in [0.29, 0.717) is 27.1 Å². The van der Waals surface area contributed by atoms with Crippen LogP contribution in [-0.2, 0) is 29.1 Å². The first-order valence-electron chi connectivity index (χ1n) is 11.7. The van der Waals surface area contributed by atoms with E-state index < -0.39 is 23.0 Å². The maximum atomic E-state index is 14.1. The van der Waals surface area contributed by atoms with Gasteiger partial charge in [-0.1, -0.05) is 36.4 Å². The minimum absolute atomic E-state index is 0.0918. The molecule has 0 bridgehead atoms. The maximum absolute atomic E-state index is 14.1. The zero-order valence-corrected chi connectivity index (χ0v) is 23.0. The topological polar surface area (TPSA) is 77.5 Å². The lowest BCUT2D eigenvalue weighted by molar-refractivity contribution is -0.117. The number of benzene rings is 3. The van der Waals surface area contributed by atoms with Crippen molar-refractivity contribution >= 4 is 33.7 Å². The van der Waals surface area contributed by atoms with Crippen LogP contribution in [0.4, 0.5) is 13.9 Å². The third-order valence-corrected chi connectivity index (χ3v) is 8.76. The van der Waals surface area contributed by atoms with E-state index >= 15 is 0 Å². The molecule has 0 radical (unpaired) electrons. The second-order valence-corrected chi connectivity index (χ2v) is 11.2. The number of carbonyl (C=O) groups excluding carboxylic acids is 1. The van der Waals surface area contributed by atoms with Gasteiger partial charge in [0.15, 0.2) is 5.13 Å². The zero-order chi connectivity index (χ0) is 27.4. The number of ether oxygens (including phenoxy) is 1. The minimum atomic E-state index is -1.50. The average molecular weight is 556 g/mol. The molecule has 1 aromatic heterocycles. The predicted molar refractivity (Wildman–Crippen MR) is 147 cm³/mol. The molecule has 38 heavy (non-hydrogen) atoms. The van der Waals surface area contributed by atoms with E-state index in [1.807, 2.05) is 25.1 Å². The van der Waals surface area contributed by atoms with Gasteiger partial charge in [-0.2, -0.15) is 0 Å². The van der Waals surface area contributed by atoms with Gasteiger partial charge in [-0.25, -0.2) is 13.8 Å². The van der Waals surface area contributed by atoms with Crippen LogP contribution in [0, 0.1) is 25.5 Å². The van der Waals surface area contributed by atoms with E-state index in [4.69, 9.17) is 4.74 Å². The van der Waals surface area contributed by atoms with Gasteiger partial charge in [0.2, 0.25) is 5.91 Å². The Labute approximate surface area is 227 Å². The molecule has 0 aliphatic carbocycles. The lowest BCUT2D eigenvalue weighted by Crippen LogP contribution is -2.27. The van der Waals surface area contributed by atoms with Crippen LogP contribution in [0.2, 0.25) is 0 Å². The Bertz CT molecular complexity index is 1440. The molecule has 3 aromatic carbocycles. The van der Waals surface area contributed by atoms with E-state index in [9.17, 15) is 18.1 Å². The van der Waals surface area contributed by atoms with Crippen molar-refractivity contribution in [3.05, 3.63) is 94.7 Å². The number of hydrogen-bond acceptors (Lipinski definition) is 6. The number of carbonyl (C=O) groups is 1. The molecule has 0 aliphatic heterocycles. The third kappa shape index (κ3) is 6.39. The van der Waals surface area contributed by atoms with Crippen molar-refractivity contribution < 1.29 is 22.9 Å². The van der Waals surface area contributed by atoms with Gasteiger partial charge in [-0.15, -0.1) is 4.72 Å². The number of likely N-dealkylation sites (N-methyl/N-ethyl adjacent to an activating group) is 1. The number of nitrogens with one attached hydrogen (secondary N) is 1. The van der Waals surface area contributed by atoms with Crippen molar-refractivity contribution in [1.29, 1.82) is 0 Å². The van der Waals surface area contributed by atoms with Crippen LogP contribution >= 0.6 is 11.3 Å². The first kappa shape index (κ1) is 27.7. The number of rotatable bonds is 9. The molecule has 198 valence electrons. The van der Waals surface area contributed by atoms with Gasteiger partial charge in [0, 0.05) is 12.6 Å². The molecule has 1 atom stereocenters. The summed E-state index contributed by atoms with van der Waals surface area (Å²) in [7, 11) is 3.24. The van der Waals surface area contributed by atoms with Crippen molar-refractivity contribution in [3.63, 3.8) is 0 Å². The van der Waals surface area contributed by atoms with E-state index in [2.05, 4.69) is 9.71 Å². The van der Waals surface area contributed by atoms with Crippen molar-refractivity contribution in [3.8, 4) is 16.9 Å². The van der Waals surface area contributed by atoms with Crippen LogP contribution in [0.25, 0.3) is 11.1 Å². The molecule has 0 fully saturated rings. The van der Waals surface area contributed by atoms with Gasteiger partial charge in [0.25, 0.3) is 4.21 Å². The largest absolute Gasteiger partial charge is 0.592 e. The van der Waals surface area contributed by atoms with E-state index in [0.717, 1.165) is 40.6 Å². The first-order chi connectivity index (χ1) is 18.2. The van der Waals surface area contributed by atoms with Crippen LogP contribution in [-0.4, -0.2) is 29.6 Å². The molecule has 1 amide bonds. The van der Waals surface area contributed by atoms with Crippen LogP contribution in [0.5, 0.6) is 5.75 Å². The fourth-order valence-electron chi connectivity index (χ4n) is 3.87. The van der Waals surface area contributed by atoms with Gasteiger partial charge in [-0.3, -0.25) is 9.69 Å². The summed E-state index contributed by atoms with van der Waals surface area (Å²) in [5, 5.41) is 0.441. The highest BCUT2D eigenvalue weighted by Crippen LogP contribution is 2.30. The summed E-state index contributed by atoms with van der Waals surface area (Å²) in [5.41, 5.74) is 3.95. The van der Waals surface area contributed by atoms with Crippen molar-refractivity contribution in [2.45, 2.75) is 31.0 Å². The second kappa shape index (κ2) is 12.0. The molecule has 10 heteroatoms. The maximum Gasteiger partial charge on any atom is 0.252 e. The van der Waals surface area contributed by atoms with Crippen LogP contribution in [0.1, 0.15) is 22.4 Å². The van der Waals surface area contributed by atoms with E-state index in [-0.39, 0.29) is 17.9 Å². The molecule has 6 nitrogen and oxygen atoms in total. The van der Waals surface area contributed by atoms with Crippen molar-refractivity contribution in [2.75, 3.05) is 19.1 Å². The number of methoxy groups -OCH3 is 1. The van der Waals surface area contributed by atoms with Crippen molar-refractivity contribution in [1.82, 2.24) is 9.71 Å². The summed E-state index contributed by atoms with van der Waals surface area (Å²) in [6.07, 6.45) is 0.0918. The summed E-state index contributed by atoms with van der Waals surface area (Å²) in [5.74, 6) is -0.451. The second-order valence-electron chi connectivity index (χ2n) is 8.71. The molecule has 1 unspecified atom stereocenters. The molecule has 0 spiro atoms. The zero-order valence-electron chi connectivity index (χ0n) is 21.4. The molecular formula is C28H27F2N3O3S2. The molecule has 1 heterocycles. The monoisotopic (exact) mass is 555 g/mol. The van der Waals surface area contributed by atoms with Gasteiger partial charge < -0.3 is 9.29 Å². The Morgan fingerprint density at radius 1 is 1.08 bits per heavy atom. The quantitative estimate of drug-likeness (QED) is 0.267. The molecule has 4 aromatic rings. The lowest BCUT2D eigenvalue weighted by atomic mass is 10.0. The van der Waals surface area contributed by atoms with Crippen LogP contribution in [0.15, 0.2) is 64.9 Å². The first-order valence-corrected chi connectivity index (χ1v) is 13.7. The van der Waals surface area contributed by atoms with Gasteiger partial charge in [-0.05, 0) is 71.7 Å². The Morgan fingerprint density at radius 2 is 1.79 bits per heavy atom. The number of aromatic nitrogens is 1. The summed E-state index contributed by atoms with van der Waals surface area (Å²) in [6, 6.07) is 15.8. The average Bonchev–Trinajstić information content (AvgIpc) is 3.30. The van der Waals surface area contributed by atoms with E-state index in [1.54, 1.807) is 45.3 Å². The minimum Gasteiger partial charge on any atom is -0.592 e. The van der Waals surface area contributed by atoms with Gasteiger partial charge in [0.05, 0.1) is 31.4 Å². The third-order valence-electron chi connectivity index (χ3n) is 5.99. The highest BCUT2D eigenvalue weighted by atomic mass is 32.2. The number of anilines is 1. The summed E-state index contributed by atoms with van der Waals surface area (Å²) in [6.45, 7) is 4.10. The highest BCUT2D eigenvalue weighted by Gasteiger charge is 2.24. The molecule has 0 saturated heterocycles. The number of amides is 1. The summed E-state index contributed by atoms with van der Waals surface area (Å²) < 4.78 is 49.4. The van der Waals surface area contributed by atoms with Crippen LogP contribution in [0.3, 0.4) is 0 Å². The van der Waals surface area contributed by atoms with Gasteiger partial charge >= 0.3 is 0 Å². The fourth-order valence-corrected chi connectivity index (χ4v) is 6.10. The SMILES string of the molecule is COc1ccc(CN[S+]([O-])c2sc(N(C)C(=O)Cc3ccc(-c4cc(F)ccc4F)cc3)nc2C)cc1C. The molecule has 0 saturated carbocycles. The number of thiazole rings is 1. The summed E-state index contributed by atoms with van der Waals surface area (Å²) in [4.78, 5) is 18.8. The van der Waals surface area contributed by atoms with E-state index in [1.165, 1.54) is 16.2 Å². The Morgan fingerprint density at radius 3 is 2.47 bits per heavy atom. The number of aryl methyl sites for hydroxylation is 2. The molecule has 1 N–H and O–H groups in total. The summed E-state index contributed by atoms with van der Waals surface area (Å²) >= 11 is -0.305. The lowest BCUT2D eigenvalue weighted by Gasteiger charge is -2.14. The Balaban J connectivity index is 1.39. The number of hydrogen-bond donors (Lipinski definition) is 1. The molecule has 4 rings (SSSR count). The normalized spacial score (nSPS) is 11.9. The van der Waals surface area contributed by atoms with Crippen LogP contribution < -0.4 is 14.4 Å². The van der Waals surface area contributed by atoms with Gasteiger partial charge in [0.1, 0.15) is 23.1 Å². The highest BCUT2D eigenvalue weighted by molar-refractivity contribution is 7.91. The Kier molecular flexibility index (Phi) is 8.78. The molecular weight excluding hydrogens is 528 g/mol. The van der Waals surface area contributed by atoms with Crippen molar-refractivity contribution in [2.24, 2.45) is 0 Å². The Hall–Kier alpha value is -3.31. The fraction of sp³-hybridized carbons (Fsp3) is 0.214. The molecule has 0 aliphatic rings. The smallest absolute Gasteiger partial charge is 0.252 e. The number of nitrogens with zero attached hydrogens (tertiary/aromatic N) is 2. The predicted octanol–water partition coefficient (Wildman–Crippen LogP) is 5.73. The standard InChI is InChI=1S/C28H27F2N3O3S2/c1-17-13-20(7-12-25(17)36-4)16-31-38(35)27-18(2)32-28(37-27)33(3)26(34)14-19-5-8-21(9-6-19)23-15-22(29)10-11-24(23)30/h5-13,15,31H,14,16H2,1-4H3. The number of halogens is 2.